The molecule has 2 N–H and O–H groups in total. The zero-order chi connectivity index (χ0) is 14.4. The van der Waals surface area contributed by atoms with Crippen molar-refractivity contribution < 1.29 is 13.4 Å². The lowest BCUT2D eigenvalue weighted by molar-refractivity contribution is 0.250. The minimum absolute atomic E-state index is 0.207. The Kier molecular flexibility index (Phi) is 6.30. The highest BCUT2D eigenvalue weighted by Gasteiger charge is 2.10. The molecule has 0 aliphatic heterocycles. The van der Waals surface area contributed by atoms with Crippen LogP contribution in [0.1, 0.15) is 6.92 Å². The second-order valence-corrected chi connectivity index (χ2v) is 6.42. The summed E-state index contributed by atoms with van der Waals surface area (Å²) in [6.07, 6.45) is 3.36. The number of hydrogen-bond donors (Lipinski definition) is 2. The van der Waals surface area contributed by atoms with Crippen molar-refractivity contribution in [1.29, 1.82) is 0 Å². The van der Waals surface area contributed by atoms with Crippen molar-refractivity contribution in [3.63, 3.8) is 0 Å². The van der Waals surface area contributed by atoms with E-state index in [1.54, 1.807) is 31.6 Å². The molecule has 0 bridgehead atoms. The number of carbonyl (C=O) groups excluding carboxylic acids is 1. The van der Waals surface area contributed by atoms with Crippen LogP contribution in [-0.4, -0.2) is 34.5 Å². The highest BCUT2D eigenvalue weighted by atomic mass is 32.2. The number of amides is 2. The van der Waals surface area contributed by atoms with Crippen LogP contribution in [0.5, 0.6) is 0 Å². The van der Waals surface area contributed by atoms with E-state index in [0.717, 1.165) is 0 Å². The molecule has 0 aliphatic carbocycles. The van der Waals surface area contributed by atoms with Crippen LogP contribution in [0.25, 0.3) is 0 Å². The molecule has 0 saturated carbocycles. The summed E-state index contributed by atoms with van der Waals surface area (Å²) in [6, 6.07) is 3.88. The molecule has 0 fully saturated rings. The van der Waals surface area contributed by atoms with Gasteiger partial charge in [-0.1, -0.05) is 0 Å². The van der Waals surface area contributed by atoms with E-state index in [4.69, 9.17) is 0 Å². The average Bonchev–Trinajstić information content (AvgIpc) is 2.27. The Hall–Kier alpha value is -1.08. The van der Waals surface area contributed by atoms with Gasteiger partial charge in [0.2, 0.25) is 0 Å². The van der Waals surface area contributed by atoms with E-state index in [2.05, 4.69) is 10.6 Å². The maximum atomic E-state index is 13.5. The summed E-state index contributed by atoms with van der Waals surface area (Å²) in [7, 11) is -0.972. The Balaban J connectivity index is 2.57. The maximum Gasteiger partial charge on any atom is 0.319 e. The maximum absolute atomic E-state index is 13.5. The Morgan fingerprint density at radius 1 is 1.53 bits per heavy atom. The van der Waals surface area contributed by atoms with Crippen molar-refractivity contribution in [2.24, 2.45) is 0 Å². The molecule has 0 unspecified atom stereocenters. The van der Waals surface area contributed by atoms with Gasteiger partial charge in [0.15, 0.2) is 0 Å². The first-order chi connectivity index (χ1) is 8.92. The normalized spacial score (nSPS) is 13.7. The SMILES string of the molecule is CSc1ccc(NC(=O)N[C@@H](C)C[S@](C)=O)cc1F. The van der Waals surface area contributed by atoms with E-state index >= 15 is 0 Å². The Labute approximate surface area is 119 Å². The van der Waals surface area contributed by atoms with Crippen LogP contribution in [0.15, 0.2) is 23.1 Å². The number of urea groups is 1. The van der Waals surface area contributed by atoms with E-state index in [9.17, 15) is 13.4 Å². The van der Waals surface area contributed by atoms with Crippen molar-refractivity contribution in [1.82, 2.24) is 5.32 Å². The minimum atomic E-state index is -0.972. The monoisotopic (exact) mass is 304 g/mol. The van der Waals surface area contributed by atoms with Gasteiger partial charge in [0, 0.05) is 39.4 Å². The number of halogens is 1. The van der Waals surface area contributed by atoms with E-state index in [0.29, 0.717) is 16.3 Å². The molecule has 0 aliphatic rings. The van der Waals surface area contributed by atoms with Crippen molar-refractivity contribution >= 4 is 34.3 Å². The topological polar surface area (TPSA) is 58.2 Å². The summed E-state index contributed by atoms with van der Waals surface area (Å²) in [6.45, 7) is 1.76. The van der Waals surface area contributed by atoms with Crippen LogP contribution in [0.4, 0.5) is 14.9 Å². The molecule has 106 valence electrons. The zero-order valence-corrected chi connectivity index (χ0v) is 12.7. The first kappa shape index (κ1) is 16.0. The summed E-state index contributed by atoms with van der Waals surface area (Å²) >= 11 is 1.30. The number of anilines is 1. The molecule has 1 rings (SSSR count). The molecule has 19 heavy (non-hydrogen) atoms. The lowest BCUT2D eigenvalue weighted by Crippen LogP contribution is -2.39. The summed E-state index contributed by atoms with van der Waals surface area (Å²) in [4.78, 5) is 12.1. The molecule has 4 nitrogen and oxygen atoms in total. The van der Waals surface area contributed by atoms with Gasteiger partial charge >= 0.3 is 6.03 Å². The zero-order valence-electron chi connectivity index (χ0n) is 11.0. The van der Waals surface area contributed by atoms with Crippen LogP contribution in [0.3, 0.4) is 0 Å². The third kappa shape index (κ3) is 5.61. The smallest absolute Gasteiger partial charge is 0.319 e. The fourth-order valence-corrected chi connectivity index (χ4v) is 2.77. The van der Waals surface area contributed by atoms with Gasteiger partial charge in [0.1, 0.15) is 5.82 Å². The molecule has 2 amide bonds. The van der Waals surface area contributed by atoms with Gasteiger partial charge in [-0.2, -0.15) is 0 Å². The summed E-state index contributed by atoms with van der Waals surface area (Å²) in [5, 5.41) is 5.18. The highest BCUT2D eigenvalue weighted by molar-refractivity contribution is 7.98. The first-order valence-corrected chi connectivity index (χ1v) is 8.58. The second-order valence-electron chi connectivity index (χ2n) is 4.09. The van der Waals surface area contributed by atoms with Gasteiger partial charge in [-0.3, -0.25) is 4.21 Å². The standard InChI is InChI=1S/C12H17FN2O2S2/c1-8(7-19(3)17)14-12(16)15-9-4-5-11(18-2)10(13)6-9/h4-6,8H,7H2,1-3H3,(H2,14,15,16)/t8-,19-/m0/s1. The molecule has 1 aromatic carbocycles. The third-order valence-electron chi connectivity index (χ3n) is 2.27. The van der Waals surface area contributed by atoms with E-state index in [1.165, 1.54) is 17.8 Å². The minimum Gasteiger partial charge on any atom is -0.334 e. The summed E-state index contributed by atoms with van der Waals surface area (Å²) in [5.74, 6) is 0.0146. The molecule has 7 heteroatoms. The van der Waals surface area contributed by atoms with Gasteiger partial charge in [-0.15, -0.1) is 11.8 Å². The van der Waals surface area contributed by atoms with E-state index < -0.39 is 16.8 Å². The third-order valence-corrected chi connectivity index (χ3v) is 4.01. The predicted octanol–water partition coefficient (Wildman–Crippen LogP) is 2.44. The number of benzene rings is 1. The summed E-state index contributed by atoms with van der Waals surface area (Å²) in [5.41, 5.74) is 0.387. The summed E-state index contributed by atoms with van der Waals surface area (Å²) < 4.78 is 24.5. The largest absolute Gasteiger partial charge is 0.334 e. The Bertz CT molecular complexity index is 483. The van der Waals surface area contributed by atoms with E-state index in [1.807, 2.05) is 0 Å². The molecule has 0 saturated heterocycles. The predicted molar refractivity (Wildman–Crippen MR) is 78.7 cm³/mol. The molecule has 0 aromatic heterocycles. The molecule has 0 heterocycles. The van der Waals surface area contributed by atoms with Crippen molar-refractivity contribution in [2.45, 2.75) is 17.9 Å². The fourth-order valence-electron chi connectivity index (χ4n) is 1.53. The number of carbonyl (C=O) groups is 1. The molecule has 0 radical (unpaired) electrons. The lowest BCUT2D eigenvalue weighted by Gasteiger charge is -2.13. The second kappa shape index (κ2) is 7.49. The fraction of sp³-hybridized carbons (Fsp3) is 0.417. The molecular formula is C12H17FN2O2S2. The Morgan fingerprint density at radius 2 is 2.21 bits per heavy atom. The lowest BCUT2D eigenvalue weighted by atomic mass is 10.3. The quantitative estimate of drug-likeness (QED) is 0.822. The molecule has 2 atom stereocenters. The first-order valence-electron chi connectivity index (χ1n) is 5.63. The van der Waals surface area contributed by atoms with Crippen LogP contribution < -0.4 is 10.6 Å². The van der Waals surface area contributed by atoms with Gasteiger partial charge in [0.05, 0.1) is 0 Å². The van der Waals surface area contributed by atoms with Crippen LogP contribution in [0, 0.1) is 5.82 Å². The molecular weight excluding hydrogens is 287 g/mol. The number of hydrogen-bond acceptors (Lipinski definition) is 3. The molecule has 1 aromatic rings. The molecule has 0 spiro atoms. The van der Waals surface area contributed by atoms with Crippen LogP contribution in [-0.2, 0) is 10.8 Å². The highest BCUT2D eigenvalue weighted by Crippen LogP contribution is 2.22. The van der Waals surface area contributed by atoms with Gasteiger partial charge in [-0.25, -0.2) is 9.18 Å². The number of nitrogens with one attached hydrogen (secondary N) is 2. The van der Waals surface area contributed by atoms with Gasteiger partial charge in [-0.05, 0) is 31.4 Å². The number of thioether (sulfide) groups is 1. The number of rotatable bonds is 5. The van der Waals surface area contributed by atoms with E-state index in [-0.39, 0.29) is 11.9 Å². The van der Waals surface area contributed by atoms with Crippen molar-refractivity contribution in [3.05, 3.63) is 24.0 Å². The average molecular weight is 304 g/mol. The van der Waals surface area contributed by atoms with Crippen molar-refractivity contribution in [3.8, 4) is 0 Å². The Morgan fingerprint density at radius 3 is 2.74 bits per heavy atom. The van der Waals surface area contributed by atoms with Gasteiger partial charge < -0.3 is 10.6 Å². The van der Waals surface area contributed by atoms with Gasteiger partial charge in [0.25, 0.3) is 0 Å². The van der Waals surface area contributed by atoms with Crippen molar-refractivity contribution in [2.75, 3.05) is 23.6 Å². The van der Waals surface area contributed by atoms with Crippen LogP contribution in [0.2, 0.25) is 0 Å². The van der Waals surface area contributed by atoms with Crippen LogP contribution >= 0.6 is 11.8 Å².